The Balaban J connectivity index is 1.63. The van der Waals surface area contributed by atoms with Crippen LogP contribution in [0.2, 0.25) is 0 Å². The number of nitrogens with zero attached hydrogens (tertiary/aromatic N) is 3. The van der Waals surface area contributed by atoms with Crippen molar-refractivity contribution >= 4 is 35.0 Å². The van der Waals surface area contributed by atoms with Gasteiger partial charge in [-0.05, 0) is 80.4 Å². The Morgan fingerprint density at radius 3 is 2.41 bits per heavy atom. The molecule has 34 heavy (non-hydrogen) atoms. The summed E-state index contributed by atoms with van der Waals surface area (Å²) in [7, 11) is 1.54. The zero-order valence-corrected chi connectivity index (χ0v) is 19.1. The van der Waals surface area contributed by atoms with Gasteiger partial charge in [0.15, 0.2) is 0 Å². The maximum absolute atomic E-state index is 13.0. The molecule has 1 aliphatic heterocycles. The Bertz CT molecular complexity index is 1380. The molecule has 0 spiro atoms. The number of hydrogen-bond acceptors (Lipinski definition) is 6. The smallest absolute Gasteiger partial charge is 0.280 e. The van der Waals surface area contributed by atoms with Crippen molar-refractivity contribution in [2.45, 2.75) is 20.8 Å². The Labute approximate surface area is 195 Å². The highest BCUT2D eigenvalue weighted by Crippen LogP contribution is 2.34. The van der Waals surface area contributed by atoms with Gasteiger partial charge in [0.2, 0.25) is 0 Å². The molecule has 9 heteroatoms. The standard InChI is InChI=1S/C25H22N4O5/c1-14-11-21(22(29(32)33)12-15(14)2)23-10-9-19(34-23)13-20-16(3)27-28(25(20)31)18-7-5-17(6-8-18)24(30)26-4/h5-13H,1-4H3,(H,26,30)/b20-13-. The summed E-state index contributed by atoms with van der Waals surface area (Å²) in [5.74, 6) is 0.137. The number of rotatable bonds is 5. The molecule has 9 nitrogen and oxygen atoms in total. The average molecular weight is 458 g/mol. The molecule has 0 saturated carbocycles. The third-order valence-corrected chi connectivity index (χ3v) is 5.65. The van der Waals surface area contributed by atoms with E-state index in [1.165, 1.54) is 11.1 Å². The molecule has 1 N–H and O–H groups in total. The second-order valence-corrected chi connectivity index (χ2v) is 7.90. The third kappa shape index (κ3) is 4.11. The Kier molecular flexibility index (Phi) is 5.85. The lowest BCUT2D eigenvalue weighted by Gasteiger charge is -2.12. The van der Waals surface area contributed by atoms with E-state index in [-0.39, 0.29) is 17.5 Å². The van der Waals surface area contributed by atoms with E-state index < -0.39 is 4.92 Å². The molecule has 0 radical (unpaired) electrons. The lowest BCUT2D eigenvalue weighted by Crippen LogP contribution is -2.22. The molecule has 0 bridgehead atoms. The fraction of sp³-hybridized carbons (Fsp3) is 0.160. The molecular weight excluding hydrogens is 436 g/mol. The van der Waals surface area contributed by atoms with Gasteiger partial charge in [-0.3, -0.25) is 19.7 Å². The molecule has 0 saturated heterocycles. The number of nitrogens with one attached hydrogen (secondary N) is 1. The SMILES string of the molecule is CNC(=O)c1ccc(N2N=C(C)/C(=C/c3ccc(-c4cc(C)c(C)cc4[N+](=O)[O-])o3)C2=O)cc1. The van der Waals surface area contributed by atoms with E-state index in [4.69, 9.17) is 4.42 Å². The molecule has 1 aliphatic rings. The molecule has 2 heterocycles. The summed E-state index contributed by atoms with van der Waals surface area (Å²) in [4.78, 5) is 35.9. The minimum absolute atomic E-state index is 0.0438. The largest absolute Gasteiger partial charge is 0.456 e. The second kappa shape index (κ2) is 8.78. The van der Waals surface area contributed by atoms with Crippen molar-refractivity contribution in [1.29, 1.82) is 0 Å². The van der Waals surface area contributed by atoms with Crippen LogP contribution in [0.4, 0.5) is 11.4 Å². The molecule has 3 aromatic rings. The molecule has 0 aliphatic carbocycles. The van der Waals surface area contributed by atoms with Crippen molar-refractivity contribution in [3.63, 3.8) is 0 Å². The van der Waals surface area contributed by atoms with Gasteiger partial charge in [-0.25, -0.2) is 0 Å². The fourth-order valence-electron chi connectivity index (χ4n) is 3.62. The van der Waals surface area contributed by atoms with Crippen LogP contribution in [-0.4, -0.2) is 29.5 Å². The van der Waals surface area contributed by atoms with Gasteiger partial charge in [-0.15, -0.1) is 0 Å². The van der Waals surface area contributed by atoms with Gasteiger partial charge < -0.3 is 9.73 Å². The van der Waals surface area contributed by atoms with E-state index in [9.17, 15) is 19.7 Å². The normalized spacial score (nSPS) is 14.5. The van der Waals surface area contributed by atoms with Crippen LogP contribution in [0.25, 0.3) is 17.4 Å². The van der Waals surface area contributed by atoms with Crippen LogP contribution >= 0.6 is 0 Å². The zero-order chi connectivity index (χ0) is 24.6. The molecule has 4 rings (SSSR count). The summed E-state index contributed by atoms with van der Waals surface area (Å²) in [6, 6.07) is 13.1. The van der Waals surface area contributed by atoms with Crippen molar-refractivity contribution < 1.29 is 18.9 Å². The van der Waals surface area contributed by atoms with Crippen LogP contribution in [0.3, 0.4) is 0 Å². The summed E-state index contributed by atoms with van der Waals surface area (Å²) in [6.07, 6.45) is 1.57. The van der Waals surface area contributed by atoms with Crippen LogP contribution < -0.4 is 10.3 Å². The summed E-state index contributed by atoms with van der Waals surface area (Å²) in [6.45, 7) is 5.40. The van der Waals surface area contributed by atoms with Crippen molar-refractivity contribution in [3.8, 4) is 11.3 Å². The molecular formula is C25H22N4O5. The minimum Gasteiger partial charge on any atom is -0.456 e. The van der Waals surface area contributed by atoms with Crippen molar-refractivity contribution in [1.82, 2.24) is 5.32 Å². The molecule has 1 aromatic heterocycles. The Morgan fingerprint density at radius 1 is 1.09 bits per heavy atom. The first-order valence-corrected chi connectivity index (χ1v) is 10.5. The Morgan fingerprint density at radius 2 is 1.76 bits per heavy atom. The number of aryl methyl sites for hydroxylation is 2. The lowest BCUT2D eigenvalue weighted by molar-refractivity contribution is -0.384. The highest BCUT2D eigenvalue weighted by Gasteiger charge is 2.29. The van der Waals surface area contributed by atoms with E-state index in [0.29, 0.717) is 39.6 Å². The van der Waals surface area contributed by atoms with Crippen molar-refractivity contribution in [2.24, 2.45) is 5.10 Å². The van der Waals surface area contributed by atoms with Gasteiger partial charge >= 0.3 is 0 Å². The summed E-state index contributed by atoms with van der Waals surface area (Å²) in [5, 5.41) is 19.7. The van der Waals surface area contributed by atoms with E-state index in [1.807, 2.05) is 13.8 Å². The van der Waals surface area contributed by atoms with Gasteiger partial charge in [0, 0.05) is 18.7 Å². The maximum atomic E-state index is 13.0. The summed E-state index contributed by atoms with van der Waals surface area (Å²) in [5.41, 5.74) is 3.88. The highest BCUT2D eigenvalue weighted by molar-refractivity contribution is 6.32. The molecule has 0 fully saturated rings. The second-order valence-electron chi connectivity index (χ2n) is 7.90. The number of benzene rings is 2. The summed E-state index contributed by atoms with van der Waals surface area (Å²) < 4.78 is 5.86. The number of nitro groups is 1. The first-order valence-electron chi connectivity index (χ1n) is 10.5. The number of nitro benzene ring substituents is 1. The van der Waals surface area contributed by atoms with Crippen molar-refractivity contribution in [2.75, 3.05) is 12.1 Å². The van der Waals surface area contributed by atoms with Gasteiger partial charge in [0.05, 0.1) is 27.5 Å². The number of furan rings is 1. The highest BCUT2D eigenvalue weighted by atomic mass is 16.6. The van der Waals surface area contributed by atoms with E-state index in [1.54, 1.807) is 62.5 Å². The van der Waals surface area contributed by atoms with Crippen LogP contribution in [-0.2, 0) is 4.79 Å². The predicted octanol–water partition coefficient (Wildman–Crippen LogP) is 4.64. The average Bonchev–Trinajstić information content (AvgIpc) is 3.40. The molecule has 2 aromatic carbocycles. The first kappa shape index (κ1) is 22.7. The van der Waals surface area contributed by atoms with E-state index in [2.05, 4.69) is 10.4 Å². The molecule has 0 atom stereocenters. The number of hydrogen-bond donors (Lipinski definition) is 1. The quantitative estimate of drug-likeness (QED) is 0.340. The van der Waals surface area contributed by atoms with E-state index >= 15 is 0 Å². The van der Waals surface area contributed by atoms with Crippen LogP contribution in [0.15, 0.2) is 63.6 Å². The molecule has 2 amide bonds. The number of carbonyl (C=O) groups is 2. The number of anilines is 1. The number of amides is 2. The molecule has 0 unspecified atom stereocenters. The maximum Gasteiger partial charge on any atom is 0.280 e. The lowest BCUT2D eigenvalue weighted by atomic mass is 10.0. The van der Waals surface area contributed by atoms with Gasteiger partial charge in [-0.1, -0.05) is 0 Å². The van der Waals surface area contributed by atoms with Crippen LogP contribution in [0, 0.1) is 24.0 Å². The predicted molar refractivity (Wildman–Crippen MR) is 129 cm³/mol. The Hall–Kier alpha value is -4.53. The summed E-state index contributed by atoms with van der Waals surface area (Å²) >= 11 is 0. The van der Waals surface area contributed by atoms with E-state index in [0.717, 1.165) is 11.1 Å². The zero-order valence-electron chi connectivity index (χ0n) is 19.1. The first-order chi connectivity index (χ1) is 16.2. The number of carbonyl (C=O) groups excluding carboxylic acids is 2. The monoisotopic (exact) mass is 458 g/mol. The minimum atomic E-state index is -0.437. The topological polar surface area (TPSA) is 118 Å². The van der Waals surface area contributed by atoms with Gasteiger partial charge in [0.25, 0.3) is 17.5 Å². The van der Waals surface area contributed by atoms with Crippen LogP contribution in [0.5, 0.6) is 0 Å². The molecule has 172 valence electrons. The van der Waals surface area contributed by atoms with Crippen molar-refractivity contribution in [3.05, 3.63) is 86.7 Å². The van der Waals surface area contributed by atoms with Gasteiger partial charge in [0.1, 0.15) is 11.5 Å². The van der Waals surface area contributed by atoms with Crippen LogP contribution in [0.1, 0.15) is 34.2 Å². The number of hydrazone groups is 1. The third-order valence-electron chi connectivity index (χ3n) is 5.65. The fourth-order valence-corrected chi connectivity index (χ4v) is 3.62. The van der Waals surface area contributed by atoms with Gasteiger partial charge in [-0.2, -0.15) is 10.1 Å².